The Labute approximate surface area is 262 Å². The van der Waals surface area contributed by atoms with Gasteiger partial charge in [-0.3, -0.25) is 10.00 Å². The Balaban J connectivity index is 1.08. The molecule has 2 aliphatic heterocycles. The van der Waals surface area contributed by atoms with Gasteiger partial charge in [-0.15, -0.1) is 5.10 Å². The second kappa shape index (κ2) is 14.2. The van der Waals surface area contributed by atoms with Crippen LogP contribution in [0.5, 0.6) is 17.5 Å². The number of hydrogen-bond donors (Lipinski definition) is 2. The van der Waals surface area contributed by atoms with Crippen molar-refractivity contribution in [2.24, 2.45) is 0 Å². The second-order valence-corrected chi connectivity index (χ2v) is 11.0. The monoisotopic (exact) mass is 611 g/mol. The highest BCUT2D eigenvalue weighted by atomic mass is 16.5. The predicted molar refractivity (Wildman–Crippen MR) is 168 cm³/mol. The molecule has 2 saturated heterocycles. The Bertz CT molecular complexity index is 1580. The number of nitriles is 1. The van der Waals surface area contributed by atoms with Gasteiger partial charge in [0.05, 0.1) is 31.6 Å². The van der Waals surface area contributed by atoms with Crippen LogP contribution in [0.1, 0.15) is 25.3 Å². The molecule has 4 heterocycles. The third kappa shape index (κ3) is 7.42. The van der Waals surface area contributed by atoms with Crippen molar-refractivity contribution in [2.75, 3.05) is 63.3 Å². The smallest absolute Gasteiger partial charge is 0.335 e. The molecule has 2 aliphatic rings. The summed E-state index contributed by atoms with van der Waals surface area (Å²) in [5, 5.41) is 19.4. The van der Waals surface area contributed by atoms with E-state index in [9.17, 15) is 5.26 Å². The molecule has 4 aromatic rings. The van der Waals surface area contributed by atoms with Crippen LogP contribution in [0, 0.1) is 11.3 Å². The Hall–Kier alpha value is -4.93. The van der Waals surface area contributed by atoms with Crippen LogP contribution in [0.3, 0.4) is 0 Å². The molecule has 6 rings (SSSR count). The van der Waals surface area contributed by atoms with E-state index in [4.69, 9.17) is 18.9 Å². The fraction of sp³-hybridized carbons (Fsp3) is 0.406. The summed E-state index contributed by atoms with van der Waals surface area (Å²) in [6.07, 6.45) is 6.84. The summed E-state index contributed by atoms with van der Waals surface area (Å²) >= 11 is 0. The first kappa shape index (κ1) is 30.1. The van der Waals surface area contributed by atoms with Crippen LogP contribution in [0.2, 0.25) is 0 Å². The molecule has 45 heavy (non-hydrogen) atoms. The molecule has 0 radical (unpaired) electrons. The molecule has 2 fully saturated rings. The number of hydrogen-bond acceptors (Lipinski definition) is 12. The number of piperidine rings is 1. The molecular formula is C32H37N9O4. The van der Waals surface area contributed by atoms with Gasteiger partial charge in [-0.1, -0.05) is 6.07 Å². The fourth-order valence-corrected chi connectivity index (χ4v) is 5.67. The van der Waals surface area contributed by atoms with Crippen molar-refractivity contribution < 1.29 is 18.9 Å². The number of nitrogens with zero attached hydrogens (tertiary/aromatic N) is 7. The standard InChI is InChI=1S/C32H37N9O4/c1-22(20-44-32-36-21-37-39-32)45-29-15-23(3-4-24(29)17-33)25-18-34-31(35-19-25)38-28-6-5-27(16-30(28)42-2)40-9-7-26(8-10-40)41-11-13-43-14-12-41/h3-6,15-16,18-19,21-22,26H,7-14,20H2,1-2H3,(H,34,35,38)(H,36,37,39). The van der Waals surface area contributed by atoms with Crippen molar-refractivity contribution in [3.63, 3.8) is 0 Å². The lowest BCUT2D eigenvalue weighted by Crippen LogP contribution is -2.49. The van der Waals surface area contributed by atoms with E-state index >= 15 is 0 Å². The number of aromatic amines is 1. The average molecular weight is 612 g/mol. The first-order valence-corrected chi connectivity index (χ1v) is 15.1. The predicted octanol–water partition coefficient (Wildman–Crippen LogP) is 4.03. The highest BCUT2D eigenvalue weighted by Crippen LogP contribution is 2.33. The van der Waals surface area contributed by atoms with E-state index in [2.05, 4.69) is 58.5 Å². The number of anilines is 3. The highest BCUT2D eigenvalue weighted by molar-refractivity contribution is 5.70. The summed E-state index contributed by atoms with van der Waals surface area (Å²) in [6, 6.07) is 14.6. The molecular weight excluding hydrogens is 574 g/mol. The van der Waals surface area contributed by atoms with E-state index in [1.54, 1.807) is 31.6 Å². The van der Waals surface area contributed by atoms with Crippen molar-refractivity contribution in [1.29, 1.82) is 5.26 Å². The summed E-state index contributed by atoms with van der Waals surface area (Å²) < 4.78 is 22.8. The van der Waals surface area contributed by atoms with Crippen molar-refractivity contribution in [3.05, 3.63) is 60.7 Å². The van der Waals surface area contributed by atoms with E-state index in [-0.39, 0.29) is 18.7 Å². The quantitative estimate of drug-likeness (QED) is 0.252. The molecule has 0 saturated carbocycles. The molecule has 2 N–H and O–H groups in total. The van der Waals surface area contributed by atoms with Gasteiger partial charge in [0.2, 0.25) is 5.95 Å². The normalized spacial score (nSPS) is 16.5. The molecule has 0 bridgehead atoms. The summed E-state index contributed by atoms with van der Waals surface area (Å²) in [4.78, 5) is 18.0. The van der Waals surface area contributed by atoms with Gasteiger partial charge >= 0.3 is 6.01 Å². The largest absolute Gasteiger partial charge is 0.494 e. The molecule has 13 heteroatoms. The zero-order chi connectivity index (χ0) is 31.0. The van der Waals surface area contributed by atoms with Gasteiger partial charge in [0.25, 0.3) is 0 Å². The number of ether oxygens (including phenoxy) is 4. The lowest BCUT2D eigenvalue weighted by atomic mass is 10.0. The molecule has 1 atom stereocenters. The van der Waals surface area contributed by atoms with Crippen LogP contribution in [0.4, 0.5) is 17.3 Å². The molecule has 0 amide bonds. The molecule has 1 unspecified atom stereocenters. The average Bonchev–Trinajstić information content (AvgIpc) is 3.62. The van der Waals surface area contributed by atoms with Gasteiger partial charge in [-0.25, -0.2) is 9.97 Å². The maximum absolute atomic E-state index is 9.61. The molecule has 2 aromatic heterocycles. The lowest BCUT2D eigenvalue weighted by Gasteiger charge is -2.40. The molecule has 0 aliphatic carbocycles. The van der Waals surface area contributed by atoms with Crippen molar-refractivity contribution in [1.82, 2.24) is 30.0 Å². The van der Waals surface area contributed by atoms with E-state index in [0.29, 0.717) is 23.3 Å². The minimum absolute atomic E-state index is 0.217. The van der Waals surface area contributed by atoms with Gasteiger partial charge in [0.15, 0.2) is 0 Å². The SMILES string of the molecule is COc1cc(N2CCC(N3CCOCC3)CC2)ccc1Nc1ncc(-c2ccc(C#N)c(OC(C)COc3nc[nH]n3)c2)cn1. The van der Waals surface area contributed by atoms with Gasteiger partial charge in [-0.2, -0.15) is 10.2 Å². The topological polar surface area (TPSA) is 147 Å². The number of H-pyrrole nitrogens is 1. The molecule has 234 valence electrons. The second-order valence-electron chi connectivity index (χ2n) is 11.0. The van der Waals surface area contributed by atoms with E-state index < -0.39 is 0 Å². The zero-order valence-electron chi connectivity index (χ0n) is 25.5. The minimum atomic E-state index is -0.350. The number of rotatable bonds is 11. The zero-order valence-corrected chi connectivity index (χ0v) is 25.5. The molecule has 2 aromatic carbocycles. The summed E-state index contributed by atoms with van der Waals surface area (Å²) in [6.45, 7) is 7.84. The van der Waals surface area contributed by atoms with Crippen LogP contribution in [0.25, 0.3) is 11.1 Å². The maximum atomic E-state index is 9.61. The van der Waals surface area contributed by atoms with Crippen LogP contribution in [-0.2, 0) is 4.74 Å². The van der Waals surface area contributed by atoms with Gasteiger partial charge in [0, 0.05) is 61.9 Å². The first-order chi connectivity index (χ1) is 22.1. The van der Waals surface area contributed by atoms with Crippen LogP contribution < -0.4 is 24.4 Å². The van der Waals surface area contributed by atoms with Crippen molar-refractivity contribution in [3.8, 4) is 34.7 Å². The van der Waals surface area contributed by atoms with Crippen LogP contribution >= 0.6 is 0 Å². The summed E-state index contributed by atoms with van der Waals surface area (Å²) in [7, 11) is 1.67. The molecule has 13 nitrogen and oxygen atoms in total. The van der Waals surface area contributed by atoms with Gasteiger partial charge < -0.3 is 29.2 Å². The number of morpholine rings is 1. The van der Waals surface area contributed by atoms with Crippen molar-refractivity contribution >= 4 is 17.3 Å². The third-order valence-corrected chi connectivity index (χ3v) is 8.08. The number of aromatic nitrogens is 5. The minimum Gasteiger partial charge on any atom is -0.494 e. The van der Waals surface area contributed by atoms with E-state index in [0.717, 1.165) is 80.5 Å². The van der Waals surface area contributed by atoms with E-state index in [1.165, 1.54) is 6.33 Å². The first-order valence-electron chi connectivity index (χ1n) is 15.1. The number of methoxy groups -OCH3 is 1. The Kier molecular flexibility index (Phi) is 9.53. The van der Waals surface area contributed by atoms with Gasteiger partial charge in [0.1, 0.15) is 36.6 Å². The third-order valence-electron chi connectivity index (χ3n) is 8.08. The van der Waals surface area contributed by atoms with E-state index in [1.807, 2.05) is 19.1 Å². The molecule has 0 spiro atoms. The maximum Gasteiger partial charge on any atom is 0.335 e. The highest BCUT2D eigenvalue weighted by Gasteiger charge is 2.26. The van der Waals surface area contributed by atoms with Gasteiger partial charge in [-0.05, 0) is 49.6 Å². The Morgan fingerprint density at radius 1 is 1.02 bits per heavy atom. The summed E-state index contributed by atoms with van der Waals surface area (Å²) in [5.41, 5.74) is 3.94. The Morgan fingerprint density at radius 3 is 2.53 bits per heavy atom. The van der Waals surface area contributed by atoms with Crippen LogP contribution in [-0.4, -0.2) is 95.3 Å². The number of nitrogens with one attached hydrogen (secondary N) is 2. The number of benzene rings is 2. The summed E-state index contributed by atoms with van der Waals surface area (Å²) in [5.74, 6) is 1.61. The van der Waals surface area contributed by atoms with Crippen LogP contribution in [0.15, 0.2) is 55.1 Å². The Morgan fingerprint density at radius 2 is 1.82 bits per heavy atom. The fourth-order valence-electron chi connectivity index (χ4n) is 5.67. The van der Waals surface area contributed by atoms with Crippen molar-refractivity contribution in [2.45, 2.75) is 31.9 Å². The lowest BCUT2D eigenvalue weighted by molar-refractivity contribution is 0.0115.